The lowest BCUT2D eigenvalue weighted by molar-refractivity contribution is 0.415. The number of hydrogen-bond acceptors (Lipinski definition) is 5. The van der Waals surface area contributed by atoms with Gasteiger partial charge in [-0.1, -0.05) is 24.3 Å². The molecule has 0 radical (unpaired) electrons. The van der Waals surface area contributed by atoms with E-state index in [-0.39, 0.29) is 0 Å². The first-order valence-corrected chi connectivity index (χ1v) is 11.1. The van der Waals surface area contributed by atoms with Crippen LogP contribution in [-0.2, 0) is 0 Å². The average Bonchev–Trinajstić information content (AvgIpc) is 3.48. The minimum absolute atomic E-state index is 0.566. The van der Waals surface area contributed by atoms with Gasteiger partial charge in [0.1, 0.15) is 5.75 Å². The zero-order valence-corrected chi connectivity index (χ0v) is 19.2. The maximum Gasteiger partial charge on any atom is 0.206 e. The summed E-state index contributed by atoms with van der Waals surface area (Å²) >= 11 is 1.57. The van der Waals surface area contributed by atoms with Gasteiger partial charge in [0.2, 0.25) is 4.80 Å². The maximum absolute atomic E-state index is 5.30. The maximum atomic E-state index is 5.30. The molecule has 0 aliphatic carbocycles. The monoisotopic (exact) mass is 443 g/mol. The van der Waals surface area contributed by atoms with E-state index in [0.717, 1.165) is 44.3 Å². The highest BCUT2D eigenvalue weighted by atomic mass is 32.1. The predicted octanol–water partition coefficient (Wildman–Crippen LogP) is 5.16. The molecular formula is C25H25N5OS. The first-order valence-electron chi connectivity index (χ1n) is 10.2. The predicted molar refractivity (Wildman–Crippen MR) is 131 cm³/mol. The fourth-order valence-corrected chi connectivity index (χ4v) is 3.99. The fourth-order valence-electron chi connectivity index (χ4n) is 3.16. The summed E-state index contributed by atoms with van der Waals surface area (Å²) in [5, 5.41) is 7.03. The smallest absolute Gasteiger partial charge is 0.206 e. The van der Waals surface area contributed by atoms with Crippen molar-refractivity contribution in [1.29, 1.82) is 0 Å². The van der Waals surface area contributed by atoms with Gasteiger partial charge in [0, 0.05) is 29.0 Å². The Morgan fingerprint density at radius 3 is 2.47 bits per heavy atom. The van der Waals surface area contributed by atoms with E-state index in [1.807, 2.05) is 53.6 Å². The molecule has 0 saturated heterocycles. The molecule has 6 nitrogen and oxygen atoms in total. The number of hydrogen-bond donors (Lipinski definition) is 0. The van der Waals surface area contributed by atoms with Crippen LogP contribution in [0.5, 0.6) is 5.75 Å². The standard InChI is InChI=1S/C25H25N5OS/c1-18(2)15-27-25-30(24(16-32-25)21-7-11-23(31-4)12-8-21)28-19(3)20-5-9-22(10-6-20)29-14-13-26-17-29/h5-14,16-17H,1,15H2,2-4H3. The van der Waals surface area contributed by atoms with Crippen molar-refractivity contribution in [3.8, 4) is 22.7 Å². The number of rotatable bonds is 7. The molecule has 0 bridgehead atoms. The minimum atomic E-state index is 0.566. The molecule has 4 aromatic rings. The van der Waals surface area contributed by atoms with Gasteiger partial charge in [-0.3, -0.25) is 4.99 Å². The molecule has 0 spiro atoms. The van der Waals surface area contributed by atoms with Crippen LogP contribution in [0.3, 0.4) is 0 Å². The van der Waals surface area contributed by atoms with Gasteiger partial charge in [-0.15, -0.1) is 11.3 Å². The third kappa shape index (κ3) is 4.78. The second-order valence-corrected chi connectivity index (χ2v) is 8.26. The van der Waals surface area contributed by atoms with E-state index >= 15 is 0 Å². The van der Waals surface area contributed by atoms with Crippen LogP contribution in [0.4, 0.5) is 0 Å². The number of aromatic nitrogens is 3. The molecule has 0 atom stereocenters. The molecule has 0 amide bonds. The third-order valence-corrected chi connectivity index (χ3v) is 5.75. The summed E-state index contributed by atoms with van der Waals surface area (Å²) < 4.78 is 9.18. The lowest BCUT2D eigenvalue weighted by Gasteiger charge is -2.08. The zero-order chi connectivity index (χ0) is 22.5. The number of ether oxygens (including phenoxy) is 1. The molecule has 4 rings (SSSR count). The van der Waals surface area contributed by atoms with Crippen molar-refractivity contribution in [2.24, 2.45) is 10.1 Å². The van der Waals surface area contributed by atoms with Crippen LogP contribution in [0.2, 0.25) is 0 Å². The highest BCUT2D eigenvalue weighted by Crippen LogP contribution is 2.23. The number of methoxy groups -OCH3 is 1. The molecule has 0 fully saturated rings. The van der Waals surface area contributed by atoms with Crippen LogP contribution in [0.15, 0.2) is 94.9 Å². The molecule has 0 unspecified atom stereocenters. The molecule has 162 valence electrons. The van der Waals surface area contributed by atoms with E-state index in [9.17, 15) is 0 Å². The first kappa shape index (κ1) is 21.5. The fraction of sp³-hybridized carbons (Fsp3) is 0.160. The van der Waals surface area contributed by atoms with Gasteiger partial charge in [-0.05, 0) is 55.8 Å². The van der Waals surface area contributed by atoms with Gasteiger partial charge in [0.15, 0.2) is 0 Å². The molecule has 32 heavy (non-hydrogen) atoms. The Labute approximate surface area is 191 Å². The summed E-state index contributed by atoms with van der Waals surface area (Å²) in [4.78, 5) is 9.65. The molecule has 2 aromatic carbocycles. The van der Waals surface area contributed by atoms with Gasteiger partial charge in [0.25, 0.3) is 0 Å². The molecule has 0 saturated carbocycles. The Balaban J connectivity index is 1.74. The van der Waals surface area contributed by atoms with Crippen molar-refractivity contribution in [2.75, 3.05) is 13.7 Å². The Morgan fingerprint density at radius 1 is 1.09 bits per heavy atom. The molecule has 0 N–H and O–H groups in total. The van der Waals surface area contributed by atoms with Crippen LogP contribution in [0.1, 0.15) is 19.4 Å². The number of imidazole rings is 1. The van der Waals surface area contributed by atoms with E-state index in [4.69, 9.17) is 14.8 Å². The number of benzene rings is 2. The van der Waals surface area contributed by atoms with Crippen LogP contribution in [0, 0.1) is 0 Å². The molecular weight excluding hydrogens is 418 g/mol. The highest BCUT2D eigenvalue weighted by molar-refractivity contribution is 7.07. The second-order valence-electron chi connectivity index (χ2n) is 7.42. The van der Waals surface area contributed by atoms with Crippen LogP contribution in [-0.4, -0.2) is 33.6 Å². The van der Waals surface area contributed by atoms with Gasteiger partial charge < -0.3 is 9.30 Å². The second kappa shape index (κ2) is 9.62. The summed E-state index contributed by atoms with van der Waals surface area (Å²) in [6.45, 7) is 8.52. The van der Waals surface area contributed by atoms with Gasteiger partial charge >= 0.3 is 0 Å². The molecule has 0 aliphatic rings. The minimum Gasteiger partial charge on any atom is -0.497 e. The van der Waals surface area contributed by atoms with Crippen molar-refractivity contribution in [3.63, 3.8) is 0 Å². The van der Waals surface area contributed by atoms with Crippen LogP contribution >= 0.6 is 11.3 Å². The van der Waals surface area contributed by atoms with Crippen molar-refractivity contribution in [1.82, 2.24) is 14.2 Å². The van der Waals surface area contributed by atoms with E-state index in [0.29, 0.717) is 6.54 Å². The lowest BCUT2D eigenvalue weighted by atomic mass is 10.1. The van der Waals surface area contributed by atoms with Gasteiger partial charge in [0.05, 0.1) is 31.4 Å². The Hall–Kier alpha value is -3.71. The number of thiazole rings is 1. The summed E-state index contributed by atoms with van der Waals surface area (Å²) in [5.74, 6) is 0.820. The van der Waals surface area contributed by atoms with Gasteiger partial charge in [-0.2, -0.15) is 5.10 Å². The zero-order valence-electron chi connectivity index (χ0n) is 18.4. The first-order chi connectivity index (χ1) is 15.5. The van der Waals surface area contributed by atoms with Crippen molar-refractivity contribution >= 4 is 17.0 Å². The summed E-state index contributed by atoms with van der Waals surface area (Å²) in [5.41, 5.74) is 6.02. The number of nitrogens with zero attached hydrogens (tertiary/aromatic N) is 5. The van der Waals surface area contributed by atoms with E-state index in [1.54, 1.807) is 31.0 Å². The van der Waals surface area contributed by atoms with Crippen molar-refractivity contribution < 1.29 is 4.74 Å². The molecule has 0 aliphatic heterocycles. The SMILES string of the molecule is C=C(C)CN=c1scc(-c2ccc(OC)cc2)n1N=C(C)c1ccc(-n2ccnc2)cc1. The normalized spacial score (nSPS) is 12.2. The summed E-state index contributed by atoms with van der Waals surface area (Å²) in [6.07, 6.45) is 5.48. The Bertz CT molecular complexity index is 1290. The van der Waals surface area contributed by atoms with E-state index in [1.165, 1.54) is 0 Å². The molecule has 7 heteroatoms. The topological polar surface area (TPSA) is 56.7 Å². The molecule has 2 heterocycles. The Kier molecular flexibility index (Phi) is 6.47. The summed E-state index contributed by atoms with van der Waals surface area (Å²) in [7, 11) is 1.67. The molecule has 2 aromatic heterocycles. The Morgan fingerprint density at radius 2 is 1.84 bits per heavy atom. The summed E-state index contributed by atoms with van der Waals surface area (Å²) in [6, 6.07) is 16.2. The third-order valence-electron chi connectivity index (χ3n) is 4.89. The van der Waals surface area contributed by atoms with E-state index in [2.05, 4.69) is 41.2 Å². The van der Waals surface area contributed by atoms with Crippen molar-refractivity contribution in [2.45, 2.75) is 13.8 Å². The van der Waals surface area contributed by atoms with Gasteiger partial charge in [-0.25, -0.2) is 9.66 Å². The lowest BCUT2D eigenvalue weighted by Crippen LogP contribution is -2.15. The van der Waals surface area contributed by atoms with Crippen molar-refractivity contribution in [3.05, 3.63) is 95.1 Å². The van der Waals surface area contributed by atoms with E-state index < -0.39 is 0 Å². The largest absolute Gasteiger partial charge is 0.497 e. The average molecular weight is 444 g/mol. The quantitative estimate of drug-likeness (QED) is 0.293. The highest BCUT2D eigenvalue weighted by Gasteiger charge is 2.09. The van der Waals surface area contributed by atoms with Crippen LogP contribution < -0.4 is 9.54 Å². The van der Waals surface area contributed by atoms with Crippen LogP contribution in [0.25, 0.3) is 16.9 Å².